The molecule has 0 radical (unpaired) electrons. The number of thiol groups is 1. The molecule has 1 aliphatic heterocycles. The van der Waals surface area contributed by atoms with E-state index in [1.165, 1.54) is 4.52 Å². The Hall–Kier alpha value is -0.220. The molecular formula is C2H5N3S. The monoisotopic (exact) mass is 103 g/mol. The van der Waals surface area contributed by atoms with Crippen molar-refractivity contribution in [1.29, 1.82) is 0 Å². The van der Waals surface area contributed by atoms with E-state index in [9.17, 15) is 0 Å². The van der Waals surface area contributed by atoms with Gasteiger partial charge in [-0.25, -0.2) is 5.43 Å². The maximum Gasteiger partial charge on any atom is 0.0548 e. The van der Waals surface area contributed by atoms with Gasteiger partial charge in [0.25, 0.3) is 0 Å². The summed E-state index contributed by atoms with van der Waals surface area (Å²) in [5.74, 6) is 0. The minimum absolute atomic E-state index is 0.795. The molecule has 0 saturated carbocycles. The van der Waals surface area contributed by atoms with E-state index >= 15 is 0 Å². The largest absolute Gasteiger partial charge is 0.202 e. The fourth-order valence-electron chi connectivity index (χ4n) is 0.281. The summed E-state index contributed by atoms with van der Waals surface area (Å²) in [7, 11) is 0. The molecule has 0 aromatic carbocycles. The molecule has 0 bridgehead atoms. The Kier molecular flexibility index (Phi) is 0.979. The summed E-state index contributed by atoms with van der Waals surface area (Å²) in [5.41, 5.74) is 2.79. The maximum atomic E-state index is 3.82. The predicted octanol–water partition coefficient (Wildman–Crippen LogP) is -0.363. The van der Waals surface area contributed by atoms with Crippen LogP contribution < -0.4 is 5.43 Å². The Morgan fingerprint density at radius 2 is 2.83 bits per heavy atom. The highest BCUT2D eigenvalue weighted by atomic mass is 32.1. The summed E-state index contributed by atoms with van der Waals surface area (Å²) < 4.78 is 1.38. The molecule has 0 spiro atoms. The van der Waals surface area contributed by atoms with Crippen molar-refractivity contribution in [1.82, 2.24) is 9.95 Å². The first-order valence-corrected chi connectivity index (χ1v) is 2.04. The molecule has 0 aromatic rings. The molecule has 1 heterocycles. The van der Waals surface area contributed by atoms with Gasteiger partial charge >= 0.3 is 0 Å². The number of hydrazine groups is 1. The van der Waals surface area contributed by atoms with Crippen molar-refractivity contribution in [3.05, 3.63) is 0 Å². The van der Waals surface area contributed by atoms with Crippen molar-refractivity contribution >= 4 is 19.0 Å². The zero-order valence-electron chi connectivity index (χ0n) is 3.13. The van der Waals surface area contributed by atoms with Gasteiger partial charge in [0.1, 0.15) is 0 Å². The van der Waals surface area contributed by atoms with Gasteiger partial charge in [-0.1, -0.05) is 0 Å². The Balaban J connectivity index is 2.38. The van der Waals surface area contributed by atoms with E-state index < -0.39 is 0 Å². The van der Waals surface area contributed by atoms with E-state index in [0.717, 1.165) is 6.54 Å². The fraction of sp³-hybridized carbons (Fsp3) is 0.500. The standard InChI is InChI=1S/C2H5N3S/c6-5-3-1-2-4-5/h1,4,6H,2H2. The molecule has 34 valence electrons. The Morgan fingerprint density at radius 3 is 3.00 bits per heavy atom. The maximum absolute atomic E-state index is 3.82. The van der Waals surface area contributed by atoms with Crippen LogP contribution in [0, 0.1) is 0 Å². The first-order valence-electron chi connectivity index (χ1n) is 1.64. The molecule has 0 unspecified atom stereocenters. The summed E-state index contributed by atoms with van der Waals surface area (Å²) in [6.45, 7) is 0.795. The van der Waals surface area contributed by atoms with Crippen LogP contribution in [0.4, 0.5) is 0 Å². The number of hydrazone groups is 1. The highest BCUT2D eigenvalue weighted by Crippen LogP contribution is 1.88. The predicted molar refractivity (Wildman–Crippen MR) is 27.3 cm³/mol. The summed E-state index contributed by atoms with van der Waals surface area (Å²) in [6.07, 6.45) is 1.74. The Bertz CT molecular complexity index is 71.2. The average molecular weight is 103 g/mol. The van der Waals surface area contributed by atoms with Gasteiger partial charge in [-0.3, -0.25) is 0 Å². The minimum Gasteiger partial charge on any atom is -0.202 e. The molecule has 0 fully saturated rings. The van der Waals surface area contributed by atoms with Crippen LogP contribution in [0.5, 0.6) is 0 Å². The van der Waals surface area contributed by atoms with Crippen molar-refractivity contribution in [2.24, 2.45) is 5.10 Å². The van der Waals surface area contributed by atoms with Gasteiger partial charge < -0.3 is 0 Å². The van der Waals surface area contributed by atoms with E-state index in [2.05, 4.69) is 23.3 Å². The molecule has 4 heteroatoms. The smallest absolute Gasteiger partial charge is 0.0548 e. The summed E-state index contributed by atoms with van der Waals surface area (Å²) in [5, 5.41) is 3.70. The van der Waals surface area contributed by atoms with Gasteiger partial charge in [0.2, 0.25) is 0 Å². The zero-order valence-corrected chi connectivity index (χ0v) is 4.02. The minimum atomic E-state index is 0.795. The first kappa shape index (κ1) is 3.95. The van der Waals surface area contributed by atoms with Crippen LogP contribution in [0.2, 0.25) is 0 Å². The number of nitrogens with zero attached hydrogens (tertiary/aromatic N) is 2. The number of rotatable bonds is 0. The van der Waals surface area contributed by atoms with Crippen molar-refractivity contribution in [2.75, 3.05) is 6.54 Å². The van der Waals surface area contributed by atoms with Crippen LogP contribution in [0.25, 0.3) is 0 Å². The highest BCUT2D eigenvalue weighted by molar-refractivity contribution is 7.77. The molecule has 1 N–H and O–H groups in total. The molecule has 3 nitrogen and oxygen atoms in total. The van der Waals surface area contributed by atoms with Gasteiger partial charge in [0.15, 0.2) is 0 Å². The lowest BCUT2D eigenvalue weighted by molar-refractivity contribution is 0.434. The van der Waals surface area contributed by atoms with Crippen molar-refractivity contribution in [2.45, 2.75) is 0 Å². The third-order valence-electron chi connectivity index (χ3n) is 0.515. The highest BCUT2D eigenvalue weighted by Gasteiger charge is 1.93. The summed E-state index contributed by atoms with van der Waals surface area (Å²) in [4.78, 5) is 0. The fourth-order valence-corrected chi connectivity index (χ4v) is 0.436. The topological polar surface area (TPSA) is 27.6 Å². The van der Waals surface area contributed by atoms with E-state index in [-0.39, 0.29) is 0 Å². The van der Waals surface area contributed by atoms with Crippen molar-refractivity contribution in [3.63, 3.8) is 0 Å². The van der Waals surface area contributed by atoms with Crippen molar-refractivity contribution < 1.29 is 0 Å². The number of hydrogen-bond donors (Lipinski definition) is 2. The van der Waals surface area contributed by atoms with Crippen molar-refractivity contribution in [3.8, 4) is 0 Å². The van der Waals surface area contributed by atoms with Crippen LogP contribution >= 0.6 is 12.8 Å². The first-order chi connectivity index (χ1) is 2.89. The second kappa shape index (κ2) is 1.49. The molecule has 1 rings (SSSR count). The Morgan fingerprint density at radius 1 is 2.00 bits per heavy atom. The SMILES string of the molecule is SN1N=CCN1. The lowest BCUT2D eigenvalue weighted by atomic mass is 10.8. The molecule has 0 aromatic heterocycles. The van der Waals surface area contributed by atoms with Gasteiger partial charge in [0, 0.05) is 6.21 Å². The quantitative estimate of drug-likeness (QED) is 0.410. The molecule has 0 amide bonds. The molecule has 0 aliphatic carbocycles. The third kappa shape index (κ3) is 0.636. The normalized spacial score (nSPS) is 19.8. The average Bonchev–Trinajstić information content (AvgIpc) is 1.86. The van der Waals surface area contributed by atoms with Crippen LogP contribution in [0.1, 0.15) is 0 Å². The van der Waals surface area contributed by atoms with Crippen LogP contribution in [-0.2, 0) is 0 Å². The van der Waals surface area contributed by atoms with Gasteiger partial charge in [-0.05, 0) is 12.8 Å². The lowest BCUT2D eigenvalue weighted by Gasteiger charge is -1.99. The zero-order chi connectivity index (χ0) is 4.41. The second-order valence-electron chi connectivity index (χ2n) is 0.950. The molecule has 6 heavy (non-hydrogen) atoms. The van der Waals surface area contributed by atoms with Crippen LogP contribution in [0.3, 0.4) is 0 Å². The summed E-state index contributed by atoms with van der Waals surface area (Å²) in [6, 6.07) is 0. The molecular weight excluding hydrogens is 98.1 g/mol. The van der Waals surface area contributed by atoms with Crippen LogP contribution in [0.15, 0.2) is 5.10 Å². The van der Waals surface area contributed by atoms with Gasteiger partial charge in [-0.2, -0.15) is 9.62 Å². The van der Waals surface area contributed by atoms with E-state index in [1.807, 2.05) is 0 Å². The van der Waals surface area contributed by atoms with E-state index in [4.69, 9.17) is 0 Å². The van der Waals surface area contributed by atoms with Gasteiger partial charge in [-0.15, -0.1) is 0 Å². The third-order valence-corrected chi connectivity index (χ3v) is 0.760. The van der Waals surface area contributed by atoms with Gasteiger partial charge in [0.05, 0.1) is 6.54 Å². The van der Waals surface area contributed by atoms with E-state index in [0.29, 0.717) is 0 Å². The lowest BCUT2D eigenvalue weighted by Crippen LogP contribution is -2.18. The number of nitrogens with one attached hydrogen (secondary N) is 1. The van der Waals surface area contributed by atoms with Crippen LogP contribution in [-0.4, -0.2) is 17.3 Å². The van der Waals surface area contributed by atoms with E-state index in [1.54, 1.807) is 6.21 Å². The Labute approximate surface area is 41.5 Å². The molecule has 0 saturated heterocycles. The second-order valence-corrected chi connectivity index (χ2v) is 1.33. The summed E-state index contributed by atoms with van der Waals surface area (Å²) >= 11 is 3.82. The molecule has 1 aliphatic rings. The molecule has 0 atom stereocenters. The number of hydrogen-bond acceptors (Lipinski definition) is 4.